The molecule has 1 amide bonds. The van der Waals surface area contributed by atoms with Gasteiger partial charge in [-0.1, -0.05) is 23.4 Å². The zero-order chi connectivity index (χ0) is 18.7. The number of rotatable bonds is 4. The van der Waals surface area contributed by atoms with Gasteiger partial charge in [0.05, 0.1) is 11.3 Å². The molecule has 1 unspecified atom stereocenters. The molecule has 1 saturated heterocycles. The highest BCUT2D eigenvalue weighted by atomic mass is 19.4. The van der Waals surface area contributed by atoms with Crippen LogP contribution in [0.25, 0.3) is 0 Å². The first kappa shape index (κ1) is 18.5. The van der Waals surface area contributed by atoms with E-state index in [-0.39, 0.29) is 17.6 Å². The number of benzene rings is 1. The third-order valence-corrected chi connectivity index (χ3v) is 4.74. The van der Waals surface area contributed by atoms with E-state index < -0.39 is 11.7 Å². The number of piperidine rings is 1. The zero-order valence-corrected chi connectivity index (χ0v) is 14.6. The summed E-state index contributed by atoms with van der Waals surface area (Å²) in [6.45, 7) is 3.02. The predicted octanol–water partition coefficient (Wildman–Crippen LogP) is 4.49. The van der Waals surface area contributed by atoms with E-state index in [4.69, 9.17) is 4.52 Å². The fourth-order valence-electron chi connectivity index (χ4n) is 3.38. The molecule has 1 fully saturated rings. The predicted molar refractivity (Wildman–Crippen MR) is 89.6 cm³/mol. The van der Waals surface area contributed by atoms with Gasteiger partial charge in [0.15, 0.2) is 0 Å². The molecular formula is C19H21F3N2O2. The Bertz CT molecular complexity index is 770. The Balaban J connectivity index is 1.58. The van der Waals surface area contributed by atoms with Crippen molar-refractivity contribution in [3.63, 3.8) is 0 Å². The van der Waals surface area contributed by atoms with E-state index >= 15 is 0 Å². The summed E-state index contributed by atoms with van der Waals surface area (Å²) >= 11 is 0. The van der Waals surface area contributed by atoms with Crippen LogP contribution < -0.4 is 0 Å². The van der Waals surface area contributed by atoms with Crippen LogP contribution in [0, 0.1) is 12.8 Å². The van der Waals surface area contributed by atoms with Crippen LogP contribution in [0.15, 0.2) is 34.9 Å². The molecule has 4 nitrogen and oxygen atoms in total. The highest BCUT2D eigenvalue weighted by Crippen LogP contribution is 2.30. The van der Waals surface area contributed by atoms with E-state index in [0.29, 0.717) is 30.8 Å². The van der Waals surface area contributed by atoms with Crippen LogP contribution in [0.5, 0.6) is 0 Å². The van der Waals surface area contributed by atoms with Gasteiger partial charge >= 0.3 is 6.18 Å². The number of halogens is 3. The second-order valence-corrected chi connectivity index (χ2v) is 6.83. The number of alkyl halides is 3. The van der Waals surface area contributed by atoms with Gasteiger partial charge in [-0.25, -0.2) is 0 Å². The third-order valence-electron chi connectivity index (χ3n) is 4.74. The standard InChI is InChI=1S/C19H21F3N2O2/c1-13-10-17(26-23-13)18(25)24-9-3-5-15(12-24)8-7-14-4-2-6-16(11-14)19(20,21)22/h2,4,6,10-11,15H,3,5,7-9,12H2,1H3. The van der Waals surface area contributed by atoms with Crippen LogP contribution in [-0.2, 0) is 12.6 Å². The Morgan fingerprint density at radius 3 is 2.85 bits per heavy atom. The van der Waals surface area contributed by atoms with E-state index in [1.807, 2.05) is 0 Å². The molecule has 2 aromatic rings. The normalized spacial score (nSPS) is 18.2. The highest BCUT2D eigenvalue weighted by Gasteiger charge is 2.30. The number of likely N-dealkylation sites (tertiary alicyclic amines) is 1. The number of carbonyl (C=O) groups excluding carboxylic acids is 1. The summed E-state index contributed by atoms with van der Waals surface area (Å²) in [4.78, 5) is 14.2. The minimum absolute atomic E-state index is 0.172. The molecule has 3 rings (SSSR count). The van der Waals surface area contributed by atoms with E-state index in [1.165, 1.54) is 12.1 Å². The van der Waals surface area contributed by atoms with Gasteiger partial charge in [-0.3, -0.25) is 4.79 Å². The molecule has 1 aromatic carbocycles. The summed E-state index contributed by atoms with van der Waals surface area (Å²) in [6, 6.07) is 7.08. The first-order valence-corrected chi connectivity index (χ1v) is 8.71. The Labute approximate surface area is 150 Å². The lowest BCUT2D eigenvalue weighted by Gasteiger charge is -2.32. The highest BCUT2D eigenvalue weighted by molar-refractivity contribution is 5.91. The van der Waals surface area contributed by atoms with Crippen molar-refractivity contribution in [2.24, 2.45) is 5.92 Å². The molecule has 26 heavy (non-hydrogen) atoms. The molecule has 140 valence electrons. The maximum absolute atomic E-state index is 12.8. The minimum atomic E-state index is -4.32. The Hall–Kier alpha value is -2.31. The number of amides is 1. The number of hydrogen-bond donors (Lipinski definition) is 0. The van der Waals surface area contributed by atoms with Crippen molar-refractivity contribution in [2.75, 3.05) is 13.1 Å². The zero-order valence-electron chi connectivity index (χ0n) is 14.6. The molecular weight excluding hydrogens is 345 g/mol. The van der Waals surface area contributed by atoms with Crippen LogP contribution in [-0.4, -0.2) is 29.1 Å². The van der Waals surface area contributed by atoms with E-state index in [1.54, 1.807) is 24.0 Å². The topological polar surface area (TPSA) is 46.3 Å². The molecule has 0 bridgehead atoms. The van der Waals surface area contributed by atoms with Crippen LogP contribution >= 0.6 is 0 Å². The smallest absolute Gasteiger partial charge is 0.351 e. The van der Waals surface area contributed by atoms with Crippen molar-refractivity contribution in [3.05, 3.63) is 52.9 Å². The maximum Gasteiger partial charge on any atom is 0.416 e. The number of nitrogens with zero attached hydrogens (tertiary/aromatic N) is 2. The lowest BCUT2D eigenvalue weighted by atomic mass is 9.91. The van der Waals surface area contributed by atoms with Gasteiger partial charge in [0.2, 0.25) is 5.76 Å². The molecule has 0 N–H and O–H groups in total. The Morgan fingerprint density at radius 2 is 2.15 bits per heavy atom. The first-order valence-electron chi connectivity index (χ1n) is 8.71. The average molecular weight is 366 g/mol. The lowest BCUT2D eigenvalue weighted by molar-refractivity contribution is -0.137. The number of hydrogen-bond acceptors (Lipinski definition) is 3. The summed E-state index contributed by atoms with van der Waals surface area (Å²) in [5, 5.41) is 3.74. The van der Waals surface area contributed by atoms with Gasteiger partial charge in [0.1, 0.15) is 0 Å². The average Bonchev–Trinajstić information content (AvgIpc) is 3.05. The number of aryl methyl sites for hydroxylation is 2. The van der Waals surface area contributed by atoms with Crippen molar-refractivity contribution in [1.29, 1.82) is 0 Å². The lowest BCUT2D eigenvalue weighted by Crippen LogP contribution is -2.39. The van der Waals surface area contributed by atoms with Crippen LogP contribution in [0.2, 0.25) is 0 Å². The molecule has 0 saturated carbocycles. The van der Waals surface area contributed by atoms with Crippen molar-refractivity contribution in [1.82, 2.24) is 10.1 Å². The summed E-state index contributed by atoms with van der Waals surface area (Å²) in [5.74, 6) is 0.335. The van der Waals surface area contributed by atoms with Gasteiger partial charge in [-0.15, -0.1) is 0 Å². The molecule has 2 heterocycles. The quantitative estimate of drug-likeness (QED) is 0.801. The molecule has 1 atom stereocenters. The van der Waals surface area contributed by atoms with Crippen molar-refractivity contribution >= 4 is 5.91 Å². The largest absolute Gasteiger partial charge is 0.416 e. The third kappa shape index (κ3) is 4.45. The van der Waals surface area contributed by atoms with Crippen LogP contribution in [0.4, 0.5) is 13.2 Å². The first-order chi connectivity index (χ1) is 12.3. The Morgan fingerprint density at radius 1 is 1.35 bits per heavy atom. The number of aromatic nitrogens is 1. The van der Waals surface area contributed by atoms with Gasteiger partial charge in [-0.2, -0.15) is 13.2 Å². The fraction of sp³-hybridized carbons (Fsp3) is 0.474. The van der Waals surface area contributed by atoms with E-state index in [9.17, 15) is 18.0 Å². The molecule has 1 aliphatic rings. The van der Waals surface area contributed by atoms with Crippen LogP contribution in [0.1, 0.15) is 46.6 Å². The minimum Gasteiger partial charge on any atom is -0.351 e. The summed E-state index contributed by atoms with van der Waals surface area (Å²) in [6.07, 6.45) is -1.15. The summed E-state index contributed by atoms with van der Waals surface area (Å²) < 4.78 is 43.5. The van der Waals surface area contributed by atoms with E-state index in [2.05, 4.69) is 5.16 Å². The monoisotopic (exact) mass is 366 g/mol. The summed E-state index contributed by atoms with van der Waals surface area (Å²) in [7, 11) is 0. The molecule has 0 spiro atoms. The van der Waals surface area contributed by atoms with E-state index in [0.717, 1.165) is 25.3 Å². The van der Waals surface area contributed by atoms with Crippen molar-refractivity contribution < 1.29 is 22.5 Å². The molecule has 1 aromatic heterocycles. The molecule has 0 radical (unpaired) electrons. The molecule has 1 aliphatic heterocycles. The fourth-order valence-corrected chi connectivity index (χ4v) is 3.38. The SMILES string of the molecule is Cc1cc(C(=O)N2CCCC(CCc3cccc(C(F)(F)F)c3)C2)on1. The van der Waals surface area contributed by atoms with Gasteiger partial charge in [-0.05, 0) is 50.2 Å². The summed E-state index contributed by atoms with van der Waals surface area (Å²) in [5.41, 5.74) is 0.719. The van der Waals surface area contributed by atoms with Gasteiger partial charge < -0.3 is 9.42 Å². The van der Waals surface area contributed by atoms with Gasteiger partial charge in [0.25, 0.3) is 5.91 Å². The molecule has 7 heteroatoms. The van der Waals surface area contributed by atoms with Crippen molar-refractivity contribution in [2.45, 2.75) is 38.8 Å². The second kappa shape index (κ2) is 7.51. The number of carbonyl (C=O) groups is 1. The second-order valence-electron chi connectivity index (χ2n) is 6.83. The van der Waals surface area contributed by atoms with Crippen molar-refractivity contribution in [3.8, 4) is 0 Å². The van der Waals surface area contributed by atoms with Gasteiger partial charge in [0, 0.05) is 19.2 Å². The Kier molecular flexibility index (Phi) is 5.34. The maximum atomic E-state index is 12.8. The van der Waals surface area contributed by atoms with Crippen LogP contribution in [0.3, 0.4) is 0 Å². The molecule has 0 aliphatic carbocycles.